The van der Waals surface area contributed by atoms with Crippen LogP contribution in [-0.4, -0.2) is 22.2 Å². The second-order valence-corrected chi connectivity index (χ2v) is 7.13. The maximum absolute atomic E-state index is 12.2. The zero-order valence-electron chi connectivity index (χ0n) is 16.2. The minimum absolute atomic E-state index is 0.363. The molecule has 0 aliphatic carbocycles. The zero-order chi connectivity index (χ0) is 20.1. The molecule has 0 aliphatic rings. The molecular formula is C25H24N2O2. The predicted molar refractivity (Wildman–Crippen MR) is 116 cm³/mol. The molecular weight excluding hydrogens is 360 g/mol. The van der Waals surface area contributed by atoms with Gasteiger partial charge in [-0.1, -0.05) is 78.9 Å². The minimum atomic E-state index is -0.892. The van der Waals surface area contributed by atoms with Crippen molar-refractivity contribution in [2.24, 2.45) is 0 Å². The highest BCUT2D eigenvalue weighted by Crippen LogP contribution is 2.27. The third-order valence-electron chi connectivity index (χ3n) is 5.20. The number of fused-ring (bicyclic) bond motifs is 1. The van der Waals surface area contributed by atoms with Crippen LogP contribution in [0.2, 0.25) is 0 Å². The minimum Gasteiger partial charge on any atom is -0.477 e. The summed E-state index contributed by atoms with van der Waals surface area (Å²) in [6.45, 7) is 1.85. The van der Waals surface area contributed by atoms with E-state index in [1.54, 1.807) is 0 Å². The van der Waals surface area contributed by atoms with Gasteiger partial charge in [0.2, 0.25) is 0 Å². The fraction of sp³-hybridized carbons (Fsp3) is 0.160. The molecule has 3 aromatic carbocycles. The molecule has 1 heterocycles. The molecule has 0 spiro atoms. The smallest absolute Gasteiger partial charge is 0.352 e. The number of aromatic nitrogens is 1. The van der Waals surface area contributed by atoms with Crippen molar-refractivity contribution in [3.63, 3.8) is 0 Å². The molecule has 0 radical (unpaired) electrons. The van der Waals surface area contributed by atoms with Crippen LogP contribution in [-0.2, 0) is 19.5 Å². The average molecular weight is 384 g/mol. The lowest BCUT2D eigenvalue weighted by Gasteiger charge is -2.10. The zero-order valence-corrected chi connectivity index (χ0v) is 16.2. The van der Waals surface area contributed by atoms with Gasteiger partial charge in [-0.25, -0.2) is 4.79 Å². The number of hydrogen-bond acceptors (Lipinski definition) is 2. The van der Waals surface area contributed by atoms with E-state index in [9.17, 15) is 9.90 Å². The first-order chi connectivity index (χ1) is 14.2. The van der Waals surface area contributed by atoms with Crippen LogP contribution in [0.4, 0.5) is 0 Å². The fourth-order valence-corrected chi connectivity index (χ4v) is 3.82. The Morgan fingerprint density at radius 3 is 2.14 bits per heavy atom. The van der Waals surface area contributed by atoms with E-state index in [0.717, 1.165) is 35.0 Å². The molecule has 146 valence electrons. The monoisotopic (exact) mass is 384 g/mol. The van der Waals surface area contributed by atoms with E-state index in [2.05, 4.69) is 17.4 Å². The summed E-state index contributed by atoms with van der Waals surface area (Å²) in [4.78, 5) is 12.2. The van der Waals surface area contributed by atoms with Crippen molar-refractivity contribution in [1.29, 1.82) is 0 Å². The molecule has 0 unspecified atom stereocenters. The van der Waals surface area contributed by atoms with Crippen molar-refractivity contribution in [3.8, 4) is 0 Å². The molecule has 29 heavy (non-hydrogen) atoms. The van der Waals surface area contributed by atoms with Crippen molar-refractivity contribution < 1.29 is 9.90 Å². The number of hydrogen-bond donors (Lipinski definition) is 2. The molecule has 1 aromatic heterocycles. The van der Waals surface area contributed by atoms with Crippen LogP contribution in [0, 0.1) is 0 Å². The van der Waals surface area contributed by atoms with Gasteiger partial charge in [0.25, 0.3) is 0 Å². The average Bonchev–Trinajstić information content (AvgIpc) is 3.06. The van der Waals surface area contributed by atoms with Crippen LogP contribution < -0.4 is 5.32 Å². The second kappa shape index (κ2) is 8.76. The first kappa shape index (κ1) is 19.0. The normalized spacial score (nSPS) is 11.0. The van der Waals surface area contributed by atoms with Gasteiger partial charge in [-0.15, -0.1) is 0 Å². The molecule has 0 saturated heterocycles. The number of aromatic carboxylic acids is 1. The molecule has 4 nitrogen and oxygen atoms in total. The van der Waals surface area contributed by atoms with Crippen LogP contribution in [0.25, 0.3) is 10.9 Å². The summed E-state index contributed by atoms with van der Waals surface area (Å²) in [6, 6.07) is 28.2. The Balaban J connectivity index is 1.62. The number of nitrogens with zero attached hydrogens (tertiary/aromatic N) is 1. The summed E-state index contributed by atoms with van der Waals surface area (Å²) in [6.07, 6.45) is 0.909. The molecule has 0 aliphatic heterocycles. The lowest BCUT2D eigenvalue weighted by atomic mass is 10.1. The van der Waals surface area contributed by atoms with E-state index in [1.807, 2.05) is 77.4 Å². The van der Waals surface area contributed by atoms with Gasteiger partial charge in [0, 0.05) is 29.6 Å². The summed E-state index contributed by atoms with van der Waals surface area (Å²) in [7, 11) is 0. The number of rotatable bonds is 8. The van der Waals surface area contributed by atoms with Crippen molar-refractivity contribution in [1.82, 2.24) is 9.88 Å². The summed E-state index contributed by atoms with van der Waals surface area (Å²) in [5, 5.41) is 14.4. The Bertz CT molecular complexity index is 1100. The summed E-state index contributed by atoms with van der Waals surface area (Å²) in [5.41, 5.74) is 4.51. The predicted octanol–water partition coefficient (Wildman–Crippen LogP) is 4.72. The molecule has 0 amide bonds. The van der Waals surface area contributed by atoms with Crippen LogP contribution in [0.5, 0.6) is 0 Å². The molecule has 0 atom stereocenters. The first-order valence-electron chi connectivity index (χ1n) is 9.86. The van der Waals surface area contributed by atoms with E-state index in [4.69, 9.17) is 0 Å². The van der Waals surface area contributed by atoms with Gasteiger partial charge in [-0.2, -0.15) is 0 Å². The second-order valence-electron chi connectivity index (χ2n) is 7.13. The van der Waals surface area contributed by atoms with Gasteiger partial charge in [-0.05, 0) is 30.2 Å². The molecule has 2 N–H and O–H groups in total. The molecule has 0 bridgehead atoms. The van der Waals surface area contributed by atoms with Gasteiger partial charge in [0.1, 0.15) is 5.69 Å². The quantitative estimate of drug-likeness (QED) is 0.432. The molecule has 0 fully saturated rings. The van der Waals surface area contributed by atoms with Gasteiger partial charge < -0.3 is 15.0 Å². The van der Waals surface area contributed by atoms with Crippen molar-refractivity contribution in [2.45, 2.75) is 19.5 Å². The van der Waals surface area contributed by atoms with Crippen molar-refractivity contribution >= 4 is 16.9 Å². The standard InChI is InChI=1S/C25H24N2O2/c28-25(29)24-22(17-26-16-15-19-9-3-1-4-10-19)21-13-7-8-14-23(21)27(24)18-20-11-5-2-6-12-20/h1-14,26H,15-18H2,(H,28,29). The molecule has 0 saturated carbocycles. The number of benzene rings is 3. The number of carboxylic acids is 1. The highest BCUT2D eigenvalue weighted by molar-refractivity contribution is 5.98. The molecule has 4 heteroatoms. The Morgan fingerprint density at radius 2 is 1.45 bits per heavy atom. The number of carbonyl (C=O) groups is 1. The molecule has 4 rings (SSSR count). The molecule has 4 aromatic rings. The lowest BCUT2D eigenvalue weighted by molar-refractivity contribution is 0.0685. The highest BCUT2D eigenvalue weighted by Gasteiger charge is 2.21. The van der Waals surface area contributed by atoms with Gasteiger partial charge in [0.15, 0.2) is 0 Å². The fourth-order valence-electron chi connectivity index (χ4n) is 3.82. The van der Waals surface area contributed by atoms with Gasteiger partial charge in [-0.3, -0.25) is 0 Å². The van der Waals surface area contributed by atoms with Gasteiger partial charge in [0.05, 0.1) is 0 Å². The first-order valence-corrected chi connectivity index (χ1v) is 9.86. The maximum atomic E-state index is 12.2. The van der Waals surface area contributed by atoms with Crippen LogP contribution in [0.1, 0.15) is 27.2 Å². The van der Waals surface area contributed by atoms with E-state index in [-0.39, 0.29) is 0 Å². The third kappa shape index (κ3) is 4.23. The van der Waals surface area contributed by atoms with Crippen LogP contribution >= 0.6 is 0 Å². The summed E-state index contributed by atoms with van der Waals surface area (Å²) >= 11 is 0. The Labute approximate surface area is 170 Å². The maximum Gasteiger partial charge on any atom is 0.352 e. The van der Waals surface area contributed by atoms with E-state index < -0.39 is 5.97 Å². The Morgan fingerprint density at radius 1 is 0.828 bits per heavy atom. The highest BCUT2D eigenvalue weighted by atomic mass is 16.4. The topological polar surface area (TPSA) is 54.3 Å². The summed E-state index contributed by atoms with van der Waals surface area (Å²) in [5.74, 6) is -0.892. The van der Waals surface area contributed by atoms with E-state index in [1.165, 1.54) is 5.56 Å². The Kier molecular flexibility index (Phi) is 5.73. The number of nitrogens with one attached hydrogen (secondary N) is 1. The number of para-hydroxylation sites is 1. The van der Waals surface area contributed by atoms with E-state index >= 15 is 0 Å². The van der Waals surface area contributed by atoms with Crippen LogP contribution in [0.3, 0.4) is 0 Å². The van der Waals surface area contributed by atoms with Gasteiger partial charge >= 0.3 is 5.97 Å². The summed E-state index contributed by atoms with van der Waals surface area (Å²) < 4.78 is 1.92. The van der Waals surface area contributed by atoms with Crippen molar-refractivity contribution in [2.75, 3.05) is 6.54 Å². The SMILES string of the molecule is O=C(O)c1c(CNCCc2ccccc2)c2ccccc2n1Cc1ccccc1. The lowest BCUT2D eigenvalue weighted by Crippen LogP contribution is -2.19. The largest absolute Gasteiger partial charge is 0.477 e. The Hall–Kier alpha value is -3.37. The van der Waals surface area contributed by atoms with Crippen LogP contribution in [0.15, 0.2) is 84.9 Å². The third-order valence-corrected chi connectivity index (χ3v) is 5.20. The van der Waals surface area contributed by atoms with Crippen molar-refractivity contribution in [3.05, 3.63) is 107 Å². The van der Waals surface area contributed by atoms with E-state index in [0.29, 0.717) is 18.8 Å². The number of carboxylic acid groups (broad SMARTS) is 1.